The Balaban J connectivity index is 0.000000216. The molecule has 3 rings (SSSR count). The van der Waals surface area contributed by atoms with Gasteiger partial charge in [-0.25, -0.2) is 0 Å². The van der Waals surface area contributed by atoms with Crippen molar-refractivity contribution in [2.45, 2.75) is 62.5 Å². The Morgan fingerprint density at radius 2 is 1.70 bits per heavy atom. The van der Waals surface area contributed by atoms with Crippen LogP contribution in [0.2, 0.25) is 0 Å². The summed E-state index contributed by atoms with van der Waals surface area (Å²) in [5.41, 5.74) is -0.783. The maximum absolute atomic E-state index is 11.2. The van der Waals surface area contributed by atoms with E-state index in [1.807, 2.05) is 13.8 Å². The fourth-order valence-corrected chi connectivity index (χ4v) is 5.42. The van der Waals surface area contributed by atoms with Crippen LogP contribution in [0.4, 0.5) is 0 Å². The Morgan fingerprint density at radius 1 is 1.07 bits per heavy atom. The van der Waals surface area contributed by atoms with E-state index >= 15 is 0 Å². The van der Waals surface area contributed by atoms with Crippen molar-refractivity contribution in [1.82, 2.24) is 0 Å². The van der Waals surface area contributed by atoms with Gasteiger partial charge in [0.1, 0.15) is 39.1 Å². The van der Waals surface area contributed by atoms with Crippen LogP contribution in [0.15, 0.2) is 0 Å². The smallest absolute Gasteiger partial charge is 0.144 e. The average Bonchev–Trinajstić information content (AvgIpc) is 3.15. The van der Waals surface area contributed by atoms with Crippen LogP contribution in [-0.4, -0.2) is 89.6 Å². The van der Waals surface area contributed by atoms with E-state index in [0.717, 1.165) is 13.3 Å². The van der Waals surface area contributed by atoms with Crippen molar-refractivity contribution in [2.75, 3.05) is 47.4 Å². The Bertz CT molecular complexity index is 650. The fourth-order valence-electron chi connectivity index (χ4n) is 3.98. The van der Waals surface area contributed by atoms with Gasteiger partial charge in [-0.1, -0.05) is 0 Å². The highest BCUT2D eigenvalue weighted by atomic mass is 31.2. The SMILES string of the molecule is COC[C@@]12COC([C@H](C)O1)[C@H]2OP(C)(=O)[O-].COC[C@H]1O[C@@H](C)C[C@H]1OP(C)(=O)[O-]. The van der Waals surface area contributed by atoms with Gasteiger partial charge in [0.15, 0.2) is 0 Å². The van der Waals surface area contributed by atoms with E-state index in [-0.39, 0.29) is 31.0 Å². The van der Waals surface area contributed by atoms with Crippen LogP contribution in [0.3, 0.4) is 0 Å². The van der Waals surface area contributed by atoms with Crippen LogP contribution < -0.4 is 9.79 Å². The lowest BCUT2D eigenvalue weighted by Gasteiger charge is -2.31. The molecule has 3 aliphatic heterocycles. The summed E-state index contributed by atoms with van der Waals surface area (Å²) in [5, 5.41) is 0. The first kappa shape index (κ1) is 26.4. The quantitative estimate of drug-likeness (QED) is 0.443. The van der Waals surface area contributed by atoms with Gasteiger partial charge < -0.3 is 51.6 Å². The Labute approximate surface area is 177 Å². The van der Waals surface area contributed by atoms with Crippen molar-refractivity contribution in [3.05, 3.63) is 0 Å². The fraction of sp³-hybridized carbons (Fsp3) is 1.00. The maximum Gasteiger partial charge on any atom is 0.144 e. The second-order valence-corrected chi connectivity index (χ2v) is 11.5. The molecule has 3 unspecified atom stereocenters. The number of ether oxygens (including phenoxy) is 5. The summed E-state index contributed by atoms with van der Waals surface area (Å²) in [7, 11) is -4.41. The van der Waals surface area contributed by atoms with Gasteiger partial charge in [0, 0.05) is 34.0 Å². The van der Waals surface area contributed by atoms with Gasteiger partial charge in [-0.2, -0.15) is 0 Å². The molecule has 11 nitrogen and oxygen atoms in total. The first-order chi connectivity index (χ1) is 13.8. The van der Waals surface area contributed by atoms with Gasteiger partial charge in [-0.15, -0.1) is 0 Å². The van der Waals surface area contributed by atoms with Crippen LogP contribution in [-0.2, 0) is 41.9 Å². The lowest BCUT2D eigenvalue weighted by molar-refractivity contribution is -0.206. The van der Waals surface area contributed by atoms with Crippen molar-refractivity contribution in [3.63, 3.8) is 0 Å². The molecule has 0 aromatic heterocycles. The standard InChI is InChI=1S/C9H17O6P.C8H17O5P/c1-6-7-8(15-16(3,10)11)9(14-6,4-12-2)5-13-7;1-6-4-7(13-14(3,9)10)8(12-6)5-11-2/h6-8H,4-5H2,1-3H3,(H,10,11);6-8H,4-5H2,1-3H3,(H,9,10)/p-2/t6-,7?,8+,9-;6-,7+,8+/m00/s1. The zero-order valence-electron chi connectivity index (χ0n) is 18.2. The van der Waals surface area contributed by atoms with E-state index in [4.69, 9.17) is 32.7 Å². The van der Waals surface area contributed by atoms with Crippen LogP contribution in [0.1, 0.15) is 20.3 Å². The summed E-state index contributed by atoms with van der Waals surface area (Å²) in [5.74, 6) is 0. The lowest BCUT2D eigenvalue weighted by atomic mass is 10.00. The molecule has 3 heterocycles. The second-order valence-electron chi connectivity index (χ2n) is 7.99. The van der Waals surface area contributed by atoms with Gasteiger partial charge in [0.25, 0.3) is 0 Å². The van der Waals surface area contributed by atoms with Crippen molar-refractivity contribution in [1.29, 1.82) is 0 Å². The number of methoxy groups -OCH3 is 2. The van der Waals surface area contributed by atoms with Gasteiger partial charge in [-0.05, 0) is 13.8 Å². The topological polar surface area (TPSA) is 145 Å². The zero-order chi connectivity index (χ0) is 22.7. The van der Waals surface area contributed by atoms with Crippen molar-refractivity contribution in [2.24, 2.45) is 0 Å². The maximum atomic E-state index is 11.2. The number of rotatable bonds is 8. The molecule has 0 saturated carbocycles. The molecule has 0 radical (unpaired) electrons. The molecule has 0 aromatic carbocycles. The summed E-state index contributed by atoms with van der Waals surface area (Å²) in [6, 6.07) is 0. The van der Waals surface area contributed by atoms with Crippen molar-refractivity contribution < 1.29 is 51.6 Å². The van der Waals surface area contributed by atoms with Crippen LogP contribution in [0.5, 0.6) is 0 Å². The minimum absolute atomic E-state index is 0.0201. The van der Waals surface area contributed by atoms with Crippen LogP contribution in [0, 0.1) is 0 Å². The average molecular weight is 474 g/mol. The molecule has 13 heteroatoms. The summed E-state index contributed by atoms with van der Waals surface area (Å²) in [4.78, 5) is 22.2. The molecule has 3 saturated heterocycles. The zero-order valence-corrected chi connectivity index (χ0v) is 20.0. The molecule has 0 amide bonds. The molecule has 0 aromatic rings. The van der Waals surface area contributed by atoms with Crippen molar-refractivity contribution in [3.8, 4) is 0 Å². The summed E-state index contributed by atoms with van der Waals surface area (Å²) in [6.45, 7) is 6.77. The largest absolute Gasteiger partial charge is 0.779 e. The summed E-state index contributed by atoms with van der Waals surface area (Å²) < 4.78 is 58.8. The molecule has 0 N–H and O–H groups in total. The number of hydrogen-bond donors (Lipinski definition) is 0. The van der Waals surface area contributed by atoms with Crippen molar-refractivity contribution >= 4 is 15.2 Å². The first-order valence-electron chi connectivity index (χ1n) is 9.67. The molecule has 30 heavy (non-hydrogen) atoms. The minimum atomic E-state index is -3.81. The number of fused-ring (bicyclic) bond motifs is 2. The van der Waals surface area contributed by atoms with E-state index in [2.05, 4.69) is 0 Å². The summed E-state index contributed by atoms with van der Waals surface area (Å²) >= 11 is 0. The normalized spacial score (nSPS) is 41.7. The summed E-state index contributed by atoms with van der Waals surface area (Å²) in [6.07, 6.45) is -1.19. The van der Waals surface area contributed by atoms with Crippen LogP contribution >= 0.6 is 15.2 Å². The predicted octanol–water partition coefficient (Wildman–Crippen LogP) is 0.136. The molecular formula is C17H32O11P2-2. The molecule has 3 fully saturated rings. The monoisotopic (exact) mass is 474 g/mol. The number of hydrogen-bond acceptors (Lipinski definition) is 11. The van der Waals surface area contributed by atoms with Crippen LogP contribution in [0.25, 0.3) is 0 Å². The van der Waals surface area contributed by atoms with Gasteiger partial charge in [0.05, 0.1) is 38.1 Å². The highest BCUT2D eigenvalue weighted by Crippen LogP contribution is 2.48. The van der Waals surface area contributed by atoms with E-state index in [1.165, 1.54) is 7.11 Å². The van der Waals surface area contributed by atoms with E-state index in [1.54, 1.807) is 7.11 Å². The molecule has 0 spiro atoms. The lowest BCUT2D eigenvalue weighted by Crippen LogP contribution is -2.46. The Hall–Kier alpha value is 0.1000. The molecule has 9 atom stereocenters. The van der Waals surface area contributed by atoms with Gasteiger partial charge >= 0.3 is 0 Å². The molecule has 3 aliphatic rings. The third kappa shape index (κ3) is 7.05. The van der Waals surface area contributed by atoms with Gasteiger partial charge in [0.2, 0.25) is 0 Å². The predicted molar refractivity (Wildman–Crippen MR) is 103 cm³/mol. The Morgan fingerprint density at radius 3 is 2.20 bits per heavy atom. The van der Waals surface area contributed by atoms with E-state index in [0.29, 0.717) is 19.6 Å². The molecule has 2 bridgehead atoms. The molecular weight excluding hydrogens is 442 g/mol. The van der Waals surface area contributed by atoms with Gasteiger partial charge in [-0.3, -0.25) is 0 Å². The highest BCUT2D eigenvalue weighted by Gasteiger charge is 2.61. The highest BCUT2D eigenvalue weighted by molar-refractivity contribution is 7.50. The Kier molecular flexibility index (Phi) is 9.10. The third-order valence-corrected chi connectivity index (χ3v) is 6.22. The minimum Gasteiger partial charge on any atom is -0.779 e. The van der Waals surface area contributed by atoms with E-state index < -0.39 is 33.0 Å². The molecule has 0 aliphatic carbocycles. The first-order valence-corrected chi connectivity index (χ1v) is 13.6. The molecule has 178 valence electrons. The second kappa shape index (κ2) is 10.4. The van der Waals surface area contributed by atoms with E-state index in [9.17, 15) is 18.9 Å². The third-order valence-electron chi connectivity index (χ3n) is 4.96.